The number of rotatable bonds is 5. The predicted molar refractivity (Wildman–Crippen MR) is 105 cm³/mol. The third-order valence-corrected chi connectivity index (χ3v) is 5.98. The van der Waals surface area contributed by atoms with E-state index < -0.39 is 0 Å². The van der Waals surface area contributed by atoms with Gasteiger partial charge < -0.3 is 10.3 Å². The molecule has 0 unspecified atom stereocenters. The molecule has 4 rings (SSSR count). The highest BCUT2D eigenvalue weighted by atomic mass is 32.1. The van der Waals surface area contributed by atoms with Crippen molar-refractivity contribution in [2.45, 2.75) is 45.4 Å². The number of hydrogen-bond donors (Lipinski definition) is 2. The van der Waals surface area contributed by atoms with Crippen LogP contribution >= 0.6 is 11.3 Å². The summed E-state index contributed by atoms with van der Waals surface area (Å²) in [5.74, 6) is 1.03. The van der Waals surface area contributed by atoms with Gasteiger partial charge in [0.25, 0.3) is 5.56 Å². The van der Waals surface area contributed by atoms with Gasteiger partial charge in [-0.1, -0.05) is 13.8 Å². The molecule has 0 bridgehead atoms. The molecule has 0 saturated carbocycles. The van der Waals surface area contributed by atoms with Crippen LogP contribution in [0.1, 0.15) is 50.4 Å². The minimum absolute atomic E-state index is 0.0654. The lowest BCUT2D eigenvalue weighted by molar-refractivity contribution is 0.446. The molecule has 6 nitrogen and oxygen atoms in total. The van der Waals surface area contributed by atoms with Gasteiger partial charge in [-0.3, -0.25) is 4.79 Å². The summed E-state index contributed by atoms with van der Waals surface area (Å²) in [4.78, 5) is 20.0. The highest BCUT2D eigenvalue weighted by Gasteiger charge is 2.21. The summed E-state index contributed by atoms with van der Waals surface area (Å²) in [7, 11) is 0. The Morgan fingerprint density at radius 2 is 2.15 bits per heavy atom. The molecule has 138 valence electrons. The van der Waals surface area contributed by atoms with Gasteiger partial charge in [0, 0.05) is 17.4 Å². The average Bonchev–Trinajstić information content (AvgIpc) is 3.26. The van der Waals surface area contributed by atoms with Crippen LogP contribution in [0, 0.1) is 5.92 Å². The Bertz CT molecular complexity index is 948. The number of nitrogens with zero attached hydrogens (tertiary/aromatic N) is 3. The second-order valence-corrected chi connectivity index (χ2v) is 8.34. The third kappa shape index (κ3) is 3.46. The summed E-state index contributed by atoms with van der Waals surface area (Å²) in [5, 5.41) is 11.0. The van der Waals surface area contributed by atoms with Crippen molar-refractivity contribution in [3.63, 3.8) is 0 Å². The normalized spacial score (nSPS) is 16.0. The van der Waals surface area contributed by atoms with Crippen molar-refractivity contribution in [3.05, 3.63) is 39.4 Å². The Hall–Kier alpha value is -1.99. The zero-order valence-electron chi connectivity index (χ0n) is 15.3. The molecule has 0 spiro atoms. The molecule has 0 aliphatic carbocycles. The van der Waals surface area contributed by atoms with Crippen molar-refractivity contribution in [2.75, 3.05) is 13.1 Å². The number of thiazole rings is 1. The van der Waals surface area contributed by atoms with E-state index in [0.29, 0.717) is 11.8 Å². The zero-order chi connectivity index (χ0) is 18.1. The van der Waals surface area contributed by atoms with Crippen LogP contribution in [-0.4, -0.2) is 32.7 Å². The van der Waals surface area contributed by atoms with E-state index in [1.54, 1.807) is 17.4 Å². The number of aromatic amines is 1. The average molecular weight is 372 g/mol. The second-order valence-electron chi connectivity index (χ2n) is 7.48. The Balaban J connectivity index is 1.71. The van der Waals surface area contributed by atoms with Crippen molar-refractivity contribution in [1.82, 2.24) is 24.9 Å². The van der Waals surface area contributed by atoms with Gasteiger partial charge in [-0.15, -0.1) is 11.3 Å². The van der Waals surface area contributed by atoms with Crippen molar-refractivity contribution < 1.29 is 0 Å². The fourth-order valence-electron chi connectivity index (χ4n) is 3.56. The fraction of sp³-hybridized carbons (Fsp3) is 0.526. The summed E-state index contributed by atoms with van der Waals surface area (Å²) in [6.45, 7) is 6.43. The van der Waals surface area contributed by atoms with E-state index in [0.717, 1.165) is 66.4 Å². The molecule has 0 aromatic carbocycles. The molecular formula is C19H25N5OS. The molecule has 1 aliphatic heterocycles. The lowest BCUT2D eigenvalue weighted by Crippen LogP contribution is -2.28. The topological polar surface area (TPSA) is 75.1 Å². The summed E-state index contributed by atoms with van der Waals surface area (Å²) < 4.78 is 1.90. The summed E-state index contributed by atoms with van der Waals surface area (Å²) >= 11 is 1.62. The highest BCUT2D eigenvalue weighted by molar-refractivity contribution is 7.13. The number of aryl methyl sites for hydroxylation is 1. The SMILES string of the molecule is CC(C)CCc1csc(-c2cnn3c(C4CCNCC4)cc(=O)[nH]c23)n1. The van der Waals surface area contributed by atoms with Gasteiger partial charge >= 0.3 is 0 Å². The van der Waals surface area contributed by atoms with Gasteiger partial charge in [0.1, 0.15) is 10.7 Å². The number of hydrogen-bond acceptors (Lipinski definition) is 5. The zero-order valence-corrected chi connectivity index (χ0v) is 16.1. The van der Waals surface area contributed by atoms with Crippen LogP contribution in [0.5, 0.6) is 0 Å². The lowest BCUT2D eigenvalue weighted by atomic mass is 9.94. The maximum Gasteiger partial charge on any atom is 0.251 e. The van der Waals surface area contributed by atoms with Crippen LogP contribution < -0.4 is 10.9 Å². The standard InChI is InChI=1S/C19H25N5OS/c1-12(2)3-4-14-11-26-19(22-14)15-10-21-24-16(9-17(25)23-18(15)24)13-5-7-20-8-6-13/h9-13,20H,3-8H2,1-2H3,(H,23,25). The van der Waals surface area contributed by atoms with Crippen molar-refractivity contribution in [2.24, 2.45) is 5.92 Å². The van der Waals surface area contributed by atoms with Crippen LogP contribution in [0.2, 0.25) is 0 Å². The molecule has 7 heteroatoms. The van der Waals surface area contributed by atoms with E-state index in [-0.39, 0.29) is 5.56 Å². The first-order chi connectivity index (χ1) is 12.6. The molecule has 4 heterocycles. The molecule has 26 heavy (non-hydrogen) atoms. The van der Waals surface area contributed by atoms with Crippen LogP contribution in [-0.2, 0) is 6.42 Å². The van der Waals surface area contributed by atoms with Gasteiger partial charge in [0.15, 0.2) is 0 Å². The second kappa shape index (κ2) is 7.32. The maximum absolute atomic E-state index is 12.3. The molecule has 2 N–H and O–H groups in total. The number of aromatic nitrogens is 4. The molecule has 1 fully saturated rings. The van der Waals surface area contributed by atoms with Crippen LogP contribution in [0.4, 0.5) is 0 Å². The first kappa shape index (κ1) is 17.4. The van der Waals surface area contributed by atoms with Gasteiger partial charge in [-0.05, 0) is 44.7 Å². The van der Waals surface area contributed by atoms with E-state index in [1.165, 1.54) is 0 Å². The van der Waals surface area contributed by atoms with Gasteiger partial charge in [0.2, 0.25) is 0 Å². The quantitative estimate of drug-likeness (QED) is 0.722. The van der Waals surface area contributed by atoms with E-state index >= 15 is 0 Å². The van der Waals surface area contributed by atoms with Crippen LogP contribution in [0.3, 0.4) is 0 Å². The van der Waals surface area contributed by atoms with Gasteiger partial charge in [0.05, 0.1) is 23.1 Å². The first-order valence-electron chi connectivity index (χ1n) is 9.38. The Kier molecular flexibility index (Phi) is 4.91. The molecule has 1 saturated heterocycles. The summed E-state index contributed by atoms with van der Waals surface area (Å²) in [5.41, 5.74) is 3.74. The van der Waals surface area contributed by atoms with Crippen molar-refractivity contribution in [1.29, 1.82) is 0 Å². The molecule has 0 amide bonds. The minimum Gasteiger partial charge on any atom is -0.317 e. The number of nitrogens with one attached hydrogen (secondary N) is 2. The smallest absolute Gasteiger partial charge is 0.251 e. The Morgan fingerprint density at radius 1 is 1.35 bits per heavy atom. The summed E-state index contributed by atoms with van der Waals surface area (Å²) in [6, 6.07) is 1.70. The van der Waals surface area contributed by atoms with Gasteiger partial charge in [-0.25, -0.2) is 9.50 Å². The Morgan fingerprint density at radius 3 is 2.92 bits per heavy atom. The van der Waals surface area contributed by atoms with E-state index in [4.69, 9.17) is 4.98 Å². The molecule has 3 aromatic heterocycles. The predicted octanol–water partition coefficient (Wildman–Crippen LogP) is 3.20. The van der Waals surface area contributed by atoms with Crippen molar-refractivity contribution >= 4 is 17.0 Å². The first-order valence-corrected chi connectivity index (χ1v) is 10.3. The third-order valence-electron chi connectivity index (χ3n) is 5.05. The monoisotopic (exact) mass is 371 g/mol. The molecular weight excluding hydrogens is 346 g/mol. The Labute approximate surface area is 156 Å². The van der Waals surface area contributed by atoms with E-state index in [9.17, 15) is 4.79 Å². The van der Waals surface area contributed by atoms with Gasteiger partial charge in [-0.2, -0.15) is 5.10 Å². The highest BCUT2D eigenvalue weighted by Crippen LogP contribution is 2.30. The largest absolute Gasteiger partial charge is 0.317 e. The van der Waals surface area contributed by atoms with Crippen molar-refractivity contribution in [3.8, 4) is 10.6 Å². The minimum atomic E-state index is -0.0654. The molecule has 0 radical (unpaired) electrons. The molecule has 3 aromatic rings. The number of piperidine rings is 1. The number of H-pyrrole nitrogens is 1. The maximum atomic E-state index is 12.3. The number of fused-ring (bicyclic) bond motifs is 1. The van der Waals surface area contributed by atoms with E-state index in [2.05, 4.69) is 34.6 Å². The van der Waals surface area contributed by atoms with E-state index in [1.807, 2.05) is 10.7 Å². The van der Waals surface area contributed by atoms with Crippen LogP contribution in [0.25, 0.3) is 16.2 Å². The van der Waals surface area contributed by atoms with Crippen LogP contribution in [0.15, 0.2) is 22.4 Å². The molecule has 0 atom stereocenters. The fourth-order valence-corrected chi connectivity index (χ4v) is 4.42. The lowest BCUT2D eigenvalue weighted by Gasteiger charge is -2.23. The molecule has 1 aliphatic rings. The summed E-state index contributed by atoms with van der Waals surface area (Å²) in [6.07, 6.45) is 6.02.